The number of amides is 2. The van der Waals surface area contributed by atoms with Gasteiger partial charge in [-0.2, -0.15) is 0 Å². The van der Waals surface area contributed by atoms with Gasteiger partial charge < -0.3 is 14.8 Å². The molecule has 2 rings (SSSR count). The Kier molecular flexibility index (Phi) is 4.63. The first kappa shape index (κ1) is 14.1. The predicted molar refractivity (Wildman–Crippen MR) is 68.7 cm³/mol. The second kappa shape index (κ2) is 6.23. The molecule has 19 heavy (non-hydrogen) atoms. The van der Waals surface area contributed by atoms with E-state index in [4.69, 9.17) is 9.47 Å². The van der Waals surface area contributed by atoms with Gasteiger partial charge in [-0.05, 0) is 18.8 Å². The second-order valence-corrected chi connectivity index (χ2v) is 5.52. The van der Waals surface area contributed by atoms with E-state index in [1.807, 2.05) is 13.8 Å². The lowest BCUT2D eigenvalue weighted by Gasteiger charge is -2.23. The summed E-state index contributed by atoms with van der Waals surface area (Å²) in [5.41, 5.74) is 0. The Morgan fingerprint density at radius 2 is 2.32 bits per heavy atom. The first-order valence-corrected chi connectivity index (χ1v) is 6.90. The number of nitrogens with zero attached hydrogens (tertiary/aromatic N) is 1. The zero-order valence-corrected chi connectivity index (χ0v) is 11.6. The summed E-state index contributed by atoms with van der Waals surface area (Å²) in [6.07, 6.45) is 1.74. The molecule has 2 amide bonds. The van der Waals surface area contributed by atoms with Crippen LogP contribution < -0.4 is 5.32 Å². The monoisotopic (exact) mass is 270 g/mol. The fraction of sp³-hybridized carbons (Fsp3) is 0.846. The minimum Gasteiger partial charge on any atom is -0.447 e. The van der Waals surface area contributed by atoms with Crippen LogP contribution in [0.3, 0.4) is 0 Å². The second-order valence-electron chi connectivity index (χ2n) is 5.52. The van der Waals surface area contributed by atoms with Crippen molar-refractivity contribution in [1.82, 2.24) is 10.2 Å². The van der Waals surface area contributed by atoms with Crippen molar-refractivity contribution in [2.24, 2.45) is 5.92 Å². The summed E-state index contributed by atoms with van der Waals surface area (Å²) in [6.45, 7) is 5.98. The van der Waals surface area contributed by atoms with Crippen LogP contribution in [0.15, 0.2) is 0 Å². The predicted octanol–water partition coefficient (Wildman–Crippen LogP) is 0.758. The van der Waals surface area contributed by atoms with Crippen LogP contribution in [0.5, 0.6) is 0 Å². The lowest BCUT2D eigenvalue weighted by atomic mass is 10.1. The number of nitrogens with one attached hydrogen (secondary N) is 1. The molecule has 108 valence electrons. The summed E-state index contributed by atoms with van der Waals surface area (Å²) in [4.78, 5) is 25.2. The van der Waals surface area contributed by atoms with Crippen LogP contribution in [-0.4, -0.2) is 55.3 Å². The summed E-state index contributed by atoms with van der Waals surface area (Å²) < 4.78 is 10.4. The molecule has 2 fully saturated rings. The van der Waals surface area contributed by atoms with Gasteiger partial charge in [0, 0.05) is 19.7 Å². The number of carbonyl (C=O) groups is 2. The Morgan fingerprint density at radius 3 is 2.95 bits per heavy atom. The molecule has 0 aliphatic carbocycles. The Balaban J connectivity index is 1.84. The van der Waals surface area contributed by atoms with Crippen LogP contribution in [0, 0.1) is 5.92 Å². The van der Waals surface area contributed by atoms with Gasteiger partial charge in [-0.15, -0.1) is 0 Å². The van der Waals surface area contributed by atoms with Gasteiger partial charge in [0.2, 0.25) is 5.91 Å². The standard InChI is InChI=1S/C13H22N2O4/c1-9(2)7-15-11(8-19-13(15)17)12(16)14-6-10-4-3-5-18-10/h9-11H,3-8H2,1-2H3,(H,14,16)/t10?,11-/m0/s1. The summed E-state index contributed by atoms with van der Waals surface area (Å²) in [7, 11) is 0. The quantitative estimate of drug-likeness (QED) is 0.801. The molecule has 6 heteroatoms. The highest BCUT2D eigenvalue weighted by atomic mass is 16.6. The van der Waals surface area contributed by atoms with E-state index in [2.05, 4.69) is 5.32 Å². The first-order valence-electron chi connectivity index (χ1n) is 6.90. The molecule has 2 atom stereocenters. The molecule has 6 nitrogen and oxygen atoms in total. The SMILES string of the molecule is CC(C)CN1C(=O)OC[C@H]1C(=O)NCC1CCCO1. The van der Waals surface area contributed by atoms with Crippen LogP contribution in [-0.2, 0) is 14.3 Å². The van der Waals surface area contributed by atoms with Gasteiger partial charge in [-0.25, -0.2) is 4.79 Å². The maximum Gasteiger partial charge on any atom is 0.410 e. The van der Waals surface area contributed by atoms with E-state index in [9.17, 15) is 9.59 Å². The minimum atomic E-state index is -0.503. The molecule has 0 radical (unpaired) electrons. The maximum atomic E-state index is 12.1. The first-order chi connectivity index (χ1) is 9.08. The lowest BCUT2D eigenvalue weighted by molar-refractivity contribution is -0.125. The van der Waals surface area contributed by atoms with Crippen LogP contribution in [0.4, 0.5) is 4.79 Å². The van der Waals surface area contributed by atoms with Crippen molar-refractivity contribution >= 4 is 12.0 Å². The Labute approximate surface area is 113 Å². The molecule has 2 aliphatic heterocycles. The van der Waals surface area contributed by atoms with E-state index in [0.29, 0.717) is 19.0 Å². The number of ether oxygens (including phenoxy) is 2. The third kappa shape index (κ3) is 3.59. The van der Waals surface area contributed by atoms with Crippen molar-refractivity contribution in [3.8, 4) is 0 Å². The summed E-state index contributed by atoms with van der Waals surface area (Å²) in [6, 6.07) is -0.503. The fourth-order valence-electron chi connectivity index (χ4n) is 2.40. The summed E-state index contributed by atoms with van der Waals surface area (Å²) in [5.74, 6) is 0.154. The zero-order chi connectivity index (χ0) is 13.8. The lowest BCUT2D eigenvalue weighted by Crippen LogP contribution is -2.48. The smallest absolute Gasteiger partial charge is 0.410 e. The van der Waals surface area contributed by atoms with Crippen LogP contribution in [0.1, 0.15) is 26.7 Å². The minimum absolute atomic E-state index is 0.112. The number of cyclic esters (lactones) is 1. The van der Waals surface area contributed by atoms with Crippen molar-refractivity contribution in [2.45, 2.75) is 38.8 Å². The van der Waals surface area contributed by atoms with Gasteiger partial charge in [-0.1, -0.05) is 13.8 Å². The molecule has 0 aromatic rings. The van der Waals surface area contributed by atoms with E-state index < -0.39 is 12.1 Å². The summed E-state index contributed by atoms with van der Waals surface area (Å²) >= 11 is 0. The Hall–Kier alpha value is -1.30. The number of rotatable bonds is 5. The molecule has 1 N–H and O–H groups in total. The van der Waals surface area contributed by atoms with Crippen molar-refractivity contribution in [1.29, 1.82) is 0 Å². The highest BCUT2D eigenvalue weighted by Crippen LogP contribution is 2.15. The molecule has 0 aromatic heterocycles. The zero-order valence-electron chi connectivity index (χ0n) is 11.6. The van der Waals surface area contributed by atoms with Crippen LogP contribution >= 0.6 is 0 Å². The highest BCUT2D eigenvalue weighted by Gasteiger charge is 2.38. The molecule has 0 bridgehead atoms. The molecule has 2 saturated heterocycles. The molecule has 0 saturated carbocycles. The van der Waals surface area contributed by atoms with Crippen molar-refractivity contribution in [3.05, 3.63) is 0 Å². The number of hydrogen-bond acceptors (Lipinski definition) is 4. The van der Waals surface area contributed by atoms with Gasteiger partial charge >= 0.3 is 6.09 Å². The van der Waals surface area contributed by atoms with E-state index in [1.165, 1.54) is 4.90 Å². The van der Waals surface area contributed by atoms with Gasteiger partial charge in [0.25, 0.3) is 0 Å². The third-order valence-corrected chi connectivity index (χ3v) is 3.37. The molecular weight excluding hydrogens is 248 g/mol. The van der Waals surface area contributed by atoms with Gasteiger partial charge in [0.1, 0.15) is 12.6 Å². The van der Waals surface area contributed by atoms with E-state index in [-0.39, 0.29) is 18.6 Å². The van der Waals surface area contributed by atoms with Crippen molar-refractivity contribution in [3.63, 3.8) is 0 Å². The maximum absolute atomic E-state index is 12.1. The average molecular weight is 270 g/mol. The van der Waals surface area contributed by atoms with E-state index in [1.54, 1.807) is 0 Å². The van der Waals surface area contributed by atoms with Crippen LogP contribution in [0.25, 0.3) is 0 Å². The molecule has 1 unspecified atom stereocenters. The Bertz CT molecular complexity index is 340. The van der Waals surface area contributed by atoms with Gasteiger partial charge in [-0.3, -0.25) is 9.69 Å². The molecule has 0 aromatic carbocycles. The highest BCUT2D eigenvalue weighted by molar-refractivity contribution is 5.87. The average Bonchev–Trinajstić information content (AvgIpc) is 2.97. The van der Waals surface area contributed by atoms with E-state index >= 15 is 0 Å². The van der Waals surface area contributed by atoms with Crippen molar-refractivity contribution in [2.75, 3.05) is 26.3 Å². The van der Waals surface area contributed by atoms with Gasteiger partial charge in [0.05, 0.1) is 6.10 Å². The largest absolute Gasteiger partial charge is 0.447 e. The Morgan fingerprint density at radius 1 is 1.53 bits per heavy atom. The molecule has 2 aliphatic rings. The van der Waals surface area contributed by atoms with Gasteiger partial charge in [0.15, 0.2) is 0 Å². The molecular formula is C13H22N2O4. The number of carbonyl (C=O) groups excluding carboxylic acids is 2. The summed E-state index contributed by atoms with van der Waals surface area (Å²) in [5, 5.41) is 2.85. The van der Waals surface area contributed by atoms with E-state index in [0.717, 1.165) is 19.4 Å². The van der Waals surface area contributed by atoms with Crippen LogP contribution in [0.2, 0.25) is 0 Å². The number of hydrogen-bond donors (Lipinski definition) is 1. The fourth-order valence-corrected chi connectivity index (χ4v) is 2.40. The normalized spacial score (nSPS) is 26.9. The third-order valence-electron chi connectivity index (χ3n) is 3.37. The van der Waals surface area contributed by atoms with Crippen molar-refractivity contribution < 1.29 is 19.1 Å². The molecule has 0 spiro atoms. The topological polar surface area (TPSA) is 67.9 Å². The molecule has 2 heterocycles.